The fourth-order valence-electron chi connectivity index (χ4n) is 3.18. The normalized spacial score (nSPS) is 15.8. The van der Waals surface area contributed by atoms with Crippen molar-refractivity contribution < 1.29 is 14.3 Å². The summed E-state index contributed by atoms with van der Waals surface area (Å²) in [6, 6.07) is 13.7. The van der Waals surface area contributed by atoms with E-state index in [9.17, 15) is 4.79 Å². The molecule has 0 aromatic heterocycles. The molecule has 1 unspecified atom stereocenters. The van der Waals surface area contributed by atoms with Crippen molar-refractivity contribution in [2.75, 3.05) is 24.6 Å². The Balaban J connectivity index is 2.04. The molecule has 0 bridgehead atoms. The summed E-state index contributed by atoms with van der Waals surface area (Å²) < 4.78 is 11.5. The van der Waals surface area contributed by atoms with Gasteiger partial charge < -0.3 is 14.4 Å². The third-order valence-corrected chi connectivity index (χ3v) is 4.40. The molecule has 0 amide bonds. The molecule has 1 atom stereocenters. The van der Waals surface area contributed by atoms with Gasteiger partial charge in [-0.1, -0.05) is 18.2 Å². The van der Waals surface area contributed by atoms with E-state index in [1.54, 1.807) is 0 Å². The van der Waals surface area contributed by atoms with Gasteiger partial charge in [-0.15, -0.1) is 0 Å². The summed E-state index contributed by atoms with van der Waals surface area (Å²) in [7, 11) is 0. The molecule has 0 saturated carbocycles. The van der Waals surface area contributed by atoms with Gasteiger partial charge in [-0.25, -0.2) is 4.79 Å². The second-order valence-corrected chi connectivity index (χ2v) is 5.70. The lowest BCUT2D eigenvalue weighted by Crippen LogP contribution is -2.22. The van der Waals surface area contributed by atoms with Gasteiger partial charge in [0.2, 0.25) is 0 Å². The van der Waals surface area contributed by atoms with Crippen molar-refractivity contribution in [1.82, 2.24) is 0 Å². The van der Waals surface area contributed by atoms with Gasteiger partial charge in [-0.3, -0.25) is 0 Å². The summed E-state index contributed by atoms with van der Waals surface area (Å²) in [6.07, 6.45) is -0.402. The number of ether oxygens (including phenoxy) is 2. The van der Waals surface area contributed by atoms with Gasteiger partial charge in [-0.2, -0.15) is 0 Å². The first-order valence-corrected chi connectivity index (χ1v) is 8.51. The molecular formula is C20H23NO3. The van der Waals surface area contributed by atoms with Gasteiger partial charge in [0.25, 0.3) is 0 Å². The lowest BCUT2D eigenvalue weighted by Gasteiger charge is -2.24. The number of nitrogens with zero attached hydrogens (tertiary/aromatic N) is 1. The minimum absolute atomic E-state index is 0.272. The smallest absolute Gasteiger partial charge is 0.339 e. The Kier molecular flexibility index (Phi) is 4.74. The monoisotopic (exact) mass is 325 g/mol. The molecule has 4 heteroatoms. The SMILES string of the molecule is CCOc1cc(N(CC)CC)ccc1C1OC(=O)c2ccccc21. The van der Waals surface area contributed by atoms with Crippen LogP contribution in [-0.2, 0) is 4.74 Å². The number of hydrogen-bond acceptors (Lipinski definition) is 4. The molecule has 1 aliphatic heterocycles. The maximum atomic E-state index is 12.1. The van der Waals surface area contributed by atoms with Crippen LogP contribution in [0.15, 0.2) is 42.5 Å². The summed E-state index contributed by atoms with van der Waals surface area (Å²) in [4.78, 5) is 14.4. The van der Waals surface area contributed by atoms with Crippen LogP contribution in [0.5, 0.6) is 5.75 Å². The van der Waals surface area contributed by atoms with E-state index in [2.05, 4.69) is 24.8 Å². The molecule has 3 rings (SSSR count). The van der Waals surface area contributed by atoms with Crippen LogP contribution in [0.25, 0.3) is 0 Å². The minimum Gasteiger partial charge on any atom is -0.493 e. The van der Waals surface area contributed by atoms with Crippen LogP contribution < -0.4 is 9.64 Å². The Bertz CT molecular complexity index is 737. The fourth-order valence-corrected chi connectivity index (χ4v) is 3.18. The molecule has 0 spiro atoms. The van der Waals surface area contributed by atoms with E-state index >= 15 is 0 Å². The number of esters is 1. The third kappa shape index (κ3) is 2.84. The van der Waals surface area contributed by atoms with Crippen molar-refractivity contribution in [2.45, 2.75) is 26.9 Å². The molecule has 2 aromatic carbocycles. The van der Waals surface area contributed by atoms with E-state index in [0.717, 1.165) is 35.7 Å². The van der Waals surface area contributed by atoms with E-state index in [1.807, 2.05) is 43.3 Å². The molecule has 0 radical (unpaired) electrons. The maximum Gasteiger partial charge on any atom is 0.339 e. The summed E-state index contributed by atoms with van der Waals surface area (Å²) in [6.45, 7) is 8.66. The third-order valence-electron chi connectivity index (χ3n) is 4.40. The molecule has 0 saturated heterocycles. The number of hydrogen-bond donors (Lipinski definition) is 0. The predicted octanol–water partition coefficient (Wildman–Crippen LogP) is 4.19. The van der Waals surface area contributed by atoms with E-state index in [4.69, 9.17) is 9.47 Å². The molecule has 4 nitrogen and oxygen atoms in total. The summed E-state index contributed by atoms with van der Waals surface area (Å²) in [5.74, 6) is 0.502. The lowest BCUT2D eigenvalue weighted by molar-refractivity contribution is 0.0452. The van der Waals surface area contributed by atoms with Crippen molar-refractivity contribution >= 4 is 11.7 Å². The number of rotatable bonds is 6. The molecule has 126 valence electrons. The molecule has 0 N–H and O–H groups in total. The first kappa shape index (κ1) is 16.4. The molecule has 24 heavy (non-hydrogen) atoms. The zero-order valence-electron chi connectivity index (χ0n) is 14.4. The highest BCUT2D eigenvalue weighted by atomic mass is 16.6. The highest BCUT2D eigenvalue weighted by Gasteiger charge is 2.33. The predicted molar refractivity (Wildman–Crippen MR) is 94.9 cm³/mol. The van der Waals surface area contributed by atoms with Crippen molar-refractivity contribution in [3.05, 3.63) is 59.2 Å². The molecule has 0 fully saturated rings. The number of benzene rings is 2. The molecule has 0 aliphatic carbocycles. The first-order valence-electron chi connectivity index (χ1n) is 8.51. The van der Waals surface area contributed by atoms with Crippen LogP contribution in [-0.4, -0.2) is 25.7 Å². The van der Waals surface area contributed by atoms with Gasteiger partial charge in [0.1, 0.15) is 5.75 Å². The van der Waals surface area contributed by atoms with Crippen molar-refractivity contribution in [3.63, 3.8) is 0 Å². The number of carbonyl (C=O) groups excluding carboxylic acids is 1. The largest absolute Gasteiger partial charge is 0.493 e. The van der Waals surface area contributed by atoms with Crippen LogP contribution >= 0.6 is 0 Å². The lowest BCUT2D eigenvalue weighted by atomic mass is 9.98. The number of carbonyl (C=O) groups is 1. The Morgan fingerprint density at radius 2 is 1.79 bits per heavy atom. The first-order chi connectivity index (χ1) is 11.7. The van der Waals surface area contributed by atoms with Gasteiger partial charge in [0, 0.05) is 36.0 Å². The average Bonchev–Trinajstić information content (AvgIpc) is 2.94. The highest BCUT2D eigenvalue weighted by molar-refractivity contribution is 5.94. The minimum atomic E-state index is -0.402. The van der Waals surface area contributed by atoms with Gasteiger partial charge in [0.15, 0.2) is 6.10 Å². The quantitative estimate of drug-likeness (QED) is 0.747. The van der Waals surface area contributed by atoms with E-state index in [0.29, 0.717) is 12.2 Å². The second kappa shape index (κ2) is 6.95. The van der Waals surface area contributed by atoms with E-state index in [1.165, 1.54) is 0 Å². The summed E-state index contributed by atoms with van der Waals surface area (Å²) in [5.41, 5.74) is 3.55. The highest BCUT2D eigenvalue weighted by Crippen LogP contribution is 2.41. The average molecular weight is 325 g/mol. The van der Waals surface area contributed by atoms with Gasteiger partial charge in [0.05, 0.1) is 12.2 Å². The zero-order chi connectivity index (χ0) is 17.1. The molecule has 1 aliphatic rings. The van der Waals surface area contributed by atoms with Crippen LogP contribution in [0.2, 0.25) is 0 Å². The molecular weight excluding hydrogens is 302 g/mol. The summed E-state index contributed by atoms with van der Waals surface area (Å²) in [5, 5.41) is 0. The van der Waals surface area contributed by atoms with Crippen molar-refractivity contribution in [1.29, 1.82) is 0 Å². The van der Waals surface area contributed by atoms with Crippen molar-refractivity contribution in [3.8, 4) is 5.75 Å². The van der Waals surface area contributed by atoms with Gasteiger partial charge in [-0.05, 0) is 39.0 Å². The maximum absolute atomic E-state index is 12.1. The standard InChI is InChI=1S/C20H23NO3/c1-4-21(5-2)14-11-12-17(18(13-14)23-6-3)19-15-9-7-8-10-16(15)20(22)24-19/h7-13,19H,4-6H2,1-3H3. The molecule has 2 aromatic rings. The van der Waals surface area contributed by atoms with Crippen LogP contribution in [0.4, 0.5) is 5.69 Å². The van der Waals surface area contributed by atoms with E-state index < -0.39 is 6.10 Å². The fraction of sp³-hybridized carbons (Fsp3) is 0.350. The zero-order valence-corrected chi connectivity index (χ0v) is 14.4. The molecule has 1 heterocycles. The van der Waals surface area contributed by atoms with Gasteiger partial charge >= 0.3 is 5.97 Å². The Morgan fingerprint density at radius 1 is 1.04 bits per heavy atom. The van der Waals surface area contributed by atoms with Crippen LogP contribution in [0.3, 0.4) is 0 Å². The van der Waals surface area contributed by atoms with E-state index in [-0.39, 0.29) is 5.97 Å². The number of cyclic esters (lactones) is 1. The van der Waals surface area contributed by atoms with Crippen LogP contribution in [0.1, 0.15) is 48.4 Å². The van der Waals surface area contributed by atoms with Crippen molar-refractivity contribution in [2.24, 2.45) is 0 Å². The Morgan fingerprint density at radius 3 is 2.50 bits per heavy atom. The number of fused-ring (bicyclic) bond motifs is 1. The van der Waals surface area contributed by atoms with Crippen LogP contribution in [0, 0.1) is 0 Å². The Labute approximate surface area is 143 Å². The second-order valence-electron chi connectivity index (χ2n) is 5.70. The summed E-state index contributed by atoms with van der Waals surface area (Å²) >= 11 is 0. The number of anilines is 1. The Hall–Kier alpha value is -2.49. The topological polar surface area (TPSA) is 38.8 Å².